The van der Waals surface area contributed by atoms with Crippen molar-refractivity contribution in [3.05, 3.63) is 65.2 Å². The molecule has 11 heteroatoms. The summed E-state index contributed by atoms with van der Waals surface area (Å²) in [6.07, 6.45) is -5.08. The summed E-state index contributed by atoms with van der Waals surface area (Å²) < 4.78 is 31.7. The van der Waals surface area contributed by atoms with Gasteiger partial charge in [-0.3, -0.25) is 9.59 Å². The molecule has 0 saturated carbocycles. The van der Waals surface area contributed by atoms with E-state index in [0.29, 0.717) is 25.2 Å². The van der Waals surface area contributed by atoms with E-state index < -0.39 is 12.1 Å². The first kappa shape index (κ1) is 28.6. The van der Waals surface area contributed by atoms with Gasteiger partial charge in [0.05, 0.1) is 0 Å². The molecular formula is C25H31F3N4O4. The Labute approximate surface area is 208 Å². The van der Waals surface area contributed by atoms with Crippen LogP contribution in [-0.2, 0) is 16.1 Å². The summed E-state index contributed by atoms with van der Waals surface area (Å²) in [5.74, 6) is -2.89. The maximum atomic E-state index is 13.4. The average Bonchev–Trinajstić information content (AvgIpc) is 2.83. The zero-order chi connectivity index (χ0) is 26.9. The molecule has 1 heterocycles. The number of rotatable bonds is 6. The predicted molar refractivity (Wildman–Crippen MR) is 130 cm³/mol. The minimum absolute atomic E-state index is 0.00346. The Bertz CT molecular complexity index is 1050. The molecule has 0 spiro atoms. The number of aryl methyl sites for hydroxylation is 1. The smallest absolute Gasteiger partial charge is 0.475 e. The normalized spacial score (nSPS) is 13.3. The van der Waals surface area contributed by atoms with Crippen molar-refractivity contribution >= 4 is 23.5 Å². The van der Waals surface area contributed by atoms with Crippen LogP contribution in [0.25, 0.3) is 0 Å². The summed E-state index contributed by atoms with van der Waals surface area (Å²) in [6, 6.07) is 15.6. The Balaban J connectivity index is 0.000000572. The number of amides is 2. The van der Waals surface area contributed by atoms with E-state index in [4.69, 9.17) is 9.90 Å². The monoisotopic (exact) mass is 508 g/mol. The first-order valence-corrected chi connectivity index (χ1v) is 11.3. The number of carboxylic acids is 1. The predicted octanol–water partition coefficient (Wildman–Crippen LogP) is 2.77. The number of hydrogen-bond acceptors (Lipinski definition) is 5. The summed E-state index contributed by atoms with van der Waals surface area (Å²) in [4.78, 5) is 40.6. The van der Waals surface area contributed by atoms with Crippen LogP contribution in [0.3, 0.4) is 0 Å². The molecule has 36 heavy (non-hydrogen) atoms. The third kappa shape index (κ3) is 8.88. The quantitative estimate of drug-likeness (QED) is 0.624. The van der Waals surface area contributed by atoms with Gasteiger partial charge in [0.15, 0.2) is 0 Å². The number of hydrogen-bond donors (Lipinski definition) is 2. The molecule has 1 fully saturated rings. The van der Waals surface area contributed by atoms with Gasteiger partial charge in [-0.1, -0.05) is 35.9 Å². The van der Waals surface area contributed by atoms with Gasteiger partial charge in [-0.25, -0.2) is 4.79 Å². The molecule has 0 radical (unpaired) electrons. The maximum absolute atomic E-state index is 13.4. The van der Waals surface area contributed by atoms with Gasteiger partial charge < -0.3 is 25.1 Å². The lowest BCUT2D eigenvalue weighted by atomic mass is 10.1. The number of nitrogens with one attached hydrogen (secondary N) is 1. The molecule has 1 saturated heterocycles. The number of anilines is 1. The summed E-state index contributed by atoms with van der Waals surface area (Å²) >= 11 is 0. The van der Waals surface area contributed by atoms with Crippen LogP contribution >= 0.6 is 0 Å². The number of benzene rings is 2. The molecule has 0 bridgehead atoms. The number of piperazine rings is 1. The van der Waals surface area contributed by atoms with E-state index in [2.05, 4.69) is 11.4 Å². The summed E-state index contributed by atoms with van der Waals surface area (Å²) in [5, 5.41) is 10.4. The van der Waals surface area contributed by atoms with E-state index in [-0.39, 0.29) is 18.4 Å². The fourth-order valence-corrected chi connectivity index (χ4v) is 3.51. The van der Waals surface area contributed by atoms with Crippen molar-refractivity contribution in [3.63, 3.8) is 0 Å². The lowest BCUT2D eigenvalue weighted by molar-refractivity contribution is -0.192. The average molecular weight is 509 g/mol. The first-order valence-electron chi connectivity index (χ1n) is 11.3. The molecule has 1 aliphatic heterocycles. The van der Waals surface area contributed by atoms with Crippen LogP contribution < -0.4 is 10.2 Å². The number of alkyl halides is 3. The van der Waals surface area contributed by atoms with Gasteiger partial charge >= 0.3 is 12.1 Å². The zero-order valence-corrected chi connectivity index (χ0v) is 20.5. The number of carbonyl (C=O) groups excluding carboxylic acids is 2. The largest absolute Gasteiger partial charge is 0.490 e. The standard InChI is InChI=1S/C23H30N4O2.C2HF3O2/c1-18-6-4-7-19(14-18)16-27(17-22(28)26-12-10-24-11-13-26)23(29)20-8-5-9-21(15-20)25(2)3;3-2(4,5)1(6)7/h4-9,14-15,24H,10-13,16-17H2,1-3H3;(H,6,7). The molecule has 0 aromatic heterocycles. The third-order valence-electron chi connectivity index (χ3n) is 5.39. The van der Waals surface area contributed by atoms with Crippen molar-refractivity contribution < 1.29 is 32.7 Å². The van der Waals surface area contributed by atoms with Crippen molar-refractivity contribution in [1.29, 1.82) is 0 Å². The van der Waals surface area contributed by atoms with E-state index in [1.54, 1.807) is 4.90 Å². The zero-order valence-electron chi connectivity index (χ0n) is 20.5. The van der Waals surface area contributed by atoms with Gasteiger partial charge in [-0.05, 0) is 30.7 Å². The summed E-state index contributed by atoms with van der Waals surface area (Å²) in [7, 11) is 3.89. The van der Waals surface area contributed by atoms with Crippen LogP contribution in [0.15, 0.2) is 48.5 Å². The van der Waals surface area contributed by atoms with Crippen LogP contribution in [0.5, 0.6) is 0 Å². The summed E-state index contributed by atoms with van der Waals surface area (Å²) in [5.41, 5.74) is 3.71. The second-order valence-corrected chi connectivity index (χ2v) is 8.53. The Morgan fingerprint density at radius 3 is 2.19 bits per heavy atom. The molecular weight excluding hydrogens is 477 g/mol. The first-order chi connectivity index (χ1) is 16.9. The Morgan fingerprint density at radius 2 is 1.64 bits per heavy atom. The molecule has 2 N–H and O–H groups in total. The van der Waals surface area contributed by atoms with Gasteiger partial charge in [0.25, 0.3) is 5.91 Å². The third-order valence-corrected chi connectivity index (χ3v) is 5.39. The number of halogens is 3. The van der Waals surface area contributed by atoms with Crippen molar-refractivity contribution in [1.82, 2.24) is 15.1 Å². The molecule has 2 aromatic carbocycles. The van der Waals surface area contributed by atoms with Gasteiger partial charge in [0.1, 0.15) is 6.54 Å². The molecule has 0 atom stereocenters. The number of nitrogens with zero attached hydrogens (tertiary/aromatic N) is 3. The lowest BCUT2D eigenvalue weighted by Gasteiger charge is -2.30. The van der Waals surface area contributed by atoms with Gasteiger partial charge in [-0.2, -0.15) is 13.2 Å². The highest BCUT2D eigenvalue weighted by Crippen LogP contribution is 2.17. The van der Waals surface area contributed by atoms with Crippen LogP contribution in [-0.4, -0.2) is 85.7 Å². The fourth-order valence-electron chi connectivity index (χ4n) is 3.51. The molecule has 2 amide bonds. The number of carbonyl (C=O) groups is 3. The molecule has 1 aliphatic rings. The van der Waals surface area contributed by atoms with E-state index in [9.17, 15) is 22.8 Å². The fraction of sp³-hybridized carbons (Fsp3) is 0.400. The molecule has 0 unspecified atom stereocenters. The van der Waals surface area contributed by atoms with E-state index >= 15 is 0 Å². The number of carboxylic acid groups (broad SMARTS) is 1. The van der Waals surface area contributed by atoms with E-state index in [1.165, 1.54) is 0 Å². The van der Waals surface area contributed by atoms with Crippen LogP contribution in [0, 0.1) is 6.92 Å². The Kier molecular flexibility index (Phi) is 10.3. The second-order valence-electron chi connectivity index (χ2n) is 8.53. The molecule has 3 rings (SSSR count). The topological polar surface area (TPSA) is 93.2 Å². The SMILES string of the molecule is Cc1cccc(CN(CC(=O)N2CCNCC2)C(=O)c2cccc(N(C)C)c2)c1.O=C(O)C(F)(F)F. The van der Waals surface area contributed by atoms with Crippen LogP contribution in [0.2, 0.25) is 0 Å². The Hall–Kier alpha value is -3.60. The van der Waals surface area contributed by atoms with Crippen molar-refractivity contribution in [2.75, 3.05) is 51.7 Å². The molecule has 8 nitrogen and oxygen atoms in total. The van der Waals surface area contributed by atoms with Crippen molar-refractivity contribution in [3.8, 4) is 0 Å². The summed E-state index contributed by atoms with van der Waals surface area (Å²) in [6.45, 7) is 5.47. The van der Waals surface area contributed by atoms with E-state index in [1.807, 2.05) is 73.3 Å². The van der Waals surface area contributed by atoms with Crippen LogP contribution in [0.1, 0.15) is 21.5 Å². The van der Waals surface area contributed by atoms with Gasteiger partial charge in [0, 0.05) is 58.1 Å². The highest BCUT2D eigenvalue weighted by atomic mass is 19.4. The van der Waals surface area contributed by atoms with Crippen molar-refractivity contribution in [2.45, 2.75) is 19.6 Å². The van der Waals surface area contributed by atoms with Crippen LogP contribution in [0.4, 0.5) is 18.9 Å². The minimum Gasteiger partial charge on any atom is -0.475 e. The molecule has 2 aromatic rings. The van der Waals surface area contributed by atoms with Crippen molar-refractivity contribution in [2.24, 2.45) is 0 Å². The van der Waals surface area contributed by atoms with E-state index in [0.717, 1.165) is 29.9 Å². The second kappa shape index (κ2) is 12.9. The minimum atomic E-state index is -5.08. The number of aliphatic carboxylic acids is 1. The maximum Gasteiger partial charge on any atom is 0.490 e. The van der Waals surface area contributed by atoms with Gasteiger partial charge in [-0.15, -0.1) is 0 Å². The lowest BCUT2D eigenvalue weighted by Crippen LogP contribution is -2.50. The Morgan fingerprint density at radius 1 is 1.03 bits per heavy atom. The molecule has 0 aliphatic carbocycles. The highest BCUT2D eigenvalue weighted by molar-refractivity contribution is 5.97. The van der Waals surface area contributed by atoms with Gasteiger partial charge in [0.2, 0.25) is 5.91 Å². The molecule has 196 valence electrons. The highest BCUT2D eigenvalue weighted by Gasteiger charge is 2.38.